The molecule has 8 heteroatoms. The number of likely N-dealkylation sites (tertiary alicyclic amines) is 1. The summed E-state index contributed by atoms with van der Waals surface area (Å²) in [5.41, 5.74) is 0.0215. The molecule has 1 aliphatic heterocycles. The van der Waals surface area contributed by atoms with E-state index in [1.165, 1.54) is 24.7 Å². The van der Waals surface area contributed by atoms with Crippen LogP contribution in [-0.2, 0) is 21.1 Å². The second kappa shape index (κ2) is 5.77. The van der Waals surface area contributed by atoms with E-state index in [-0.39, 0.29) is 17.6 Å². The zero-order chi connectivity index (χ0) is 17.6. The first kappa shape index (κ1) is 16.2. The Kier molecular flexibility index (Phi) is 3.90. The molecule has 0 spiro atoms. The van der Waals surface area contributed by atoms with Crippen LogP contribution in [0.2, 0.25) is 0 Å². The Morgan fingerprint density at radius 2 is 1.92 bits per heavy atom. The number of rotatable bonds is 2. The summed E-state index contributed by atoms with van der Waals surface area (Å²) in [6, 6.07) is 1.08. The van der Waals surface area contributed by atoms with E-state index in [0.29, 0.717) is 6.54 Å². The zero-order valence-electron chi connectivity index (χ0n) is 14.3. The summed E-state index contributed by atoms with van der Waals surface area (Å²) < 4.78 is 4.14. The predicted octanol–water partition coefficient (Wildman–Crippen LogP) is 0.103. The molecule has 0 saturated carbocycles. The molecular formula is C16H21N5O3. The zero-order valence-corrected chi connectivity index (χ0v) is 14.3. The van der Waals surface area contributed by atoms with Gasteiger partial charge >= 0.3 is 5.69 Å². The fraction of sp³-hybridized carbons (Fsp3) is 0.500. The summed E-state index contributed by atoms with van der Waals surface area (Å²) in [5, 5.41) is 0. The summed E-state index contributed by atoms with van der Waals surface area (Å²) in [7, 11) is 4.81. The van der Waals surface area contributed by atoms with Gasteiger partial charge in [0.15, 0.2) is 0 Å². The average Bonchev–Trinajstić information content (AvgIpc) is 3.14. The van der Waals surface area contributed by atoms with Gasteiger partial charge in [0.05, 0.1) is 11.7 Å². The van der Waals surface area contributed by atoms with Gasteiger partial charge in [-0.25, -0.2) is 9.78 Å². The molecule has 3 rings (SSSR count). The van der Waals surface area contributed by atoms with Gasteiger partial charge in [-0.2, -0.15) is 0 Å². The van der Waals surface area contributed by atoms with Crippen molar-refractivity contribution in [2.45, 2.75) is 25.8 Å². The van der Waals surface area contributed by atoms with Crippen molar-refractivity contribution in [3.05, 3.63) is 50.3 Å². The molecule has 2 aromatic heterocycles. The lowest BCUT2D eigenvalue weighted by molar-refractivity contribution is 0.0716. The number of hydrogen-bond donors (Lipinski definition) is 0. The van der Waals surface area contributed by atoms with Crippen molar-refractivity contribution in [2.24, 2.45) is 21.1 Å². The monoisotopic (exact) mass is 331 g/mol. The number of aryl methyl sites for hydroxylation is 2. The summed E-state index contributed by atoms with van der Waals surface area (Å²) in [6.07, 6.45) is 3.60. The van der Waals surface area contributed by atoms with E-state index in [1.54, 1.807) is 4.90 Å². The number of hydrogen-bond acceptors (Lipinski definition) is 4. The first-order chi connectivity index (χ1) is 11.3. The smallest absolute Gasteiger partial charge is 0.331 e. The van der Waals surface area contributed by atoms with E-state index in [1.807, 2.05) is 24.7 Å². The number of carbonyl (C=O) groups excluding carboxylic acids is 1. The third kappa shape index (κ3) is 2.47. The molecule has 1 aliphatic rings. The summed E-state index contributed by atoms with van der Waals surface area (Å²) in [6.45, 7) is 2.49. The highest BCUT2D eigenvalue weighted by molar-refractivity contribution is 5.92. The van der Waals surface area contributed by atoms with Crippen LogP contribution in [0.25, 0.3) is 0 Å². The van der Waals surface area contributed by atoms with E-state index in [0.717, 1.165) is 28.9 Å². The predicted molar refractivity (Wildman–Crippen MR) is 87.9 cm³/mol. The average molecular weight is 331 g/mol. The quantitative estimate of drug-likeness (QED) is 0.782. The first-order valence-corrected chi connectivity index (χ1v) is 7.89. The fourth-order valence-corrected chi connectivity index (χ4v) is 3.31. The second-order valence-corrected chi connectivity index (χ2v) is 6.28. The van der Waals surface area contributed by atoms with Crippen LogP contribution in [-0.4, -0.2) is 36.0 Å². The fourth-order valence-electron chi connectivity index (χ4n) is 3.31. The Morgan fingerprint density at radius 3 is 2.54 bits per heavy atom. The Hall–Kier alpha value is -2.64. The highest BCUT2D eigenvalue weighted by Gasteiger charge is 2.34. The molecule has 0 radical (unpaired) electrons. The lowest BCUT2D eigenvalue weighted by Crippen LogP contribution is -2.42. The maximum atomic E-state index is 13.0. The van der Waals surface area contributed by atoms with Crippen LogP contribution in [0.1, 0.15) is 40.9 Å². The molecule has 0 aromatic carbocycles. The number of carbonyl (C=O) groups is 1. The van der Waals surface area contributed by atoms with Crippen molar-refractivity contribution in [2.75, 3.05) is 6.54 Å². The molecule has 3 heterocycles. The molecule has 1 saturated heterocycles. The number of aromatic nitrogens is 4. The van der Waals surface area contributed by atoms with Crippen molar-refractivity contribution in [3.63, 3.8) is 0 Å². The van der Waals surface area contributed by atoms with Gasteiger partial charge in [-0.05, 0) is 19.8 Å². The van der Waals surface area contributed by atoms with Gasteiger partial charge in [0.2, 0.25) is 0 Å². The summed E-state index contributed by atoms with van der Waals surface area (Å²) >= 11 is 0. The van der Waals surface area contributed by atoms with E-state index < -0.39 is 11.2 Å². The number of imidazole rings is 1. The van der Waals surface area contributed by atoms with Gasteiger partial charge in [-0.15, -0.1) is 0 Å². The van der Waals surface area contributed by atoms with Gasteiger partial charge in [0.1, 0.15) is 11.5 Å². The minimum atomic E-state index is -0.505. The molecule has 0 N–H and O–H groups in total. The maximum absolute atomic E-state index is 13.0. The van der Waals surface area contributed by atoms with Gasteiger partial charge < -0.3 is 9.47 Å². The lowest BCUT2D eigenvalue weighted by Gasteiger charge is -2.25. The van der Waals surface area contributed by atoms with Gasteiger partial charge in [-0.1, -0.05) is 0 Å². The highest BCUT2D eigenvalue weighted by Crippen LogP contribution is 2.32. The molecule has 0 aliphatic carbocycles. The summed E-state index contributed by atoms with van der Waals surface area (Å²) in [5.74, 6) is 0.516. The van der Waals surface area contributed by atoms with Crippen LogP contribution < -0.4 is 11.2 Å². The molecule has 24 heavy (non-hydrogen) atoms. The minimum Gasteiger partial charge on any atom is -0.336 e. The minimum absolute atomic E-state index is 0.112. The number of amides is 1. The lowest BCUT2D eigenvalue weighted by atomic mass is 10.2. The van der Waals surface area contributed by atoms with Crippen LogP contribution in [0.4, 0.5) is 0 Å². The van der Waals surface area contributed by atoms with E-state index in [2.05, 4.69) is 4.98 Å². The van der Waals surface area contributed by atoms with Crippen molar-refractivity contribution in [1.29, 1.82) is 0 Å². The number of nitrogens with zero attached hydrogens (tertiary/aromatic N) is 5. The van der Waals surface area contributed by atoms with Gasteiger partial charge in [0, 0.05) is 40.0 Å². The van der Waals surface area contributed by atoms with Crippen molar-refractivity contribution < 1.29 is 4.79 Å². The van der Waals surface area contributed by atoms with Crippen LogP contribution in [0.5, 0.6) is 0 Å². The van der Waals surface area contributed by atoms with Crippen LogP contribution in [0.3, 0.4) is 0 Å². The van der Waals surface area contributed by atoms with Crippen molar-refractivity contribution >= 4 is 5.91 Å². The van der Waals surface area contributed by atoms with Crippen LogP contribution >= 0.6 is 0 Å². The molecule has 1 fully saturated rings. The highest BCUT2D eigenvalue weighted by atomic mass is 16.2. The Bertz CT molecular complexity index is 921. The van der Waals surface area contributed by atoms with E-state index in [9.17, 15) is 14.4 Å². The Morgan fingerprint density at radius 1 is 1.21 bits per heavy atom. The van der Waals surface area contributed by atoms with Crippen LogP contribution in [0.15, 0.2) is 21.9 Å². The maximum Gasteiger partial charge on any atom is 0.331 e. The molecule has 2 aromatic rings. The van der Waals surface area contributed by atoms with Crippen molar-refractivity contribution in [1.82, 2.24) is 23.6 Å². The summed E-state index contributed by atoms with van der Waals surface area (Å²) in [4.78, 5) is 43.2. The Labute approximate surface area is 139 Å². The topological polar surface area (TPSA) is 82.1 Å². The SMILES string of the molecule is Cc1cn(C)c([C@@H]2CCCN2C(=O)c2cc(=O)n(C)c(=O)n2C)n1. The molecule has 1 amide bonds. The Balaban J connectivity index is 2.02. The van der Waals surface area contributed by atoms with Crippen molar-refractivity contribution in [3.8, 4) is 0 Å². The molecule has 1 atom stereocenters. The van der Waals surface area contributed by atoms with E-state index in [4.69, 9.17) is 0 Å². The van der Waals surface area contributed by atoms with Gasteiger partial charge in [0.25, 0.3) is 11.5 Å². The van der Waals surface area contributed by atoms with E-state index >= 15 is 0 Å². The molecule has 0 bridgehead atoms. The third-order valence-corrected chi connectivity index (χ3v) is 4.59. The first-order valence-electron chi connectivity index (χ1n) is 7.89. The molecule has 0 unspecified atom stereocenters. The third-order valence-electron chi connectivity index (χ3n) is 4.59. The largest absolute Gasteiger partial charge is 0.336 e. The molecule has 128 valence electrons. The second-order valence-electron chi connectivity index (χ2n) is 6.28. The van der Waals surface area contributed by atoms with Gasteiger partial charge in [-0.3, -0.25) is 18.7 Å². The molecule has 8 nitrogen and oxygen atoms in total. The normalized spacial score (nSPS) is 17.5. The molecular weight excluding hydrogens is 310 g/mol. The standard InChI is InChI=1S/C16H21N5O3/c1-10-9-18(2)14(17-10)11-6-5-7-21(11)15(23)12-8-13(22)20(4)16(24)19(12)3/h8-9,11H,5-7H2,1-4H3/t11-/m0/s1. The van der Waals surface area contributed by atoms with Crippen LogP contribution in [0, 0.1) is 6.92 Å².